The Morgan fingerprint density at radius 2 is 1.71 bits per heavy atom. The second-order valence-electron chi connectivity index (χ2n) is 2.76. The van der Waals surface area contributed by atoms with Gasteiger partial charge in [0.2, 0.25) is 0 Å². The zero-order valence-electron chi connectivity index (χ0n) is 6.93. The summed E-state index contributed by atoms with van der Waals surface area (Å²) in [5, 5.41) is -0.818. The van der Waals surface area contributed by atoms with Crippen LogP contribution in [0.5, 0.6) is 0 Å². The van der Waals surface area contributed by atoms with Crippen LogP contribution in [0.3, 0.4) is 0 Å². The van der Waals surface area contributed by atoms with Crippen molar-refractivity contribution in [3.8, 4) is 0 Å². The Hall–Kier alpha value is 1.83. The van der Waals surface area contributed by atoms with Gasteiger partial charge >= 0.3 is 59.1 Å². The van der Waals surface area contributed by atoms with Crippen LogP contribution < -0.4 is 0 Å². The SMILES string of the molecule is CC(N1CCOCC1)S(=O)(=O)O.[NaH].[NaH]. The molecule has 1 unspecified atom stereocenters. The van der Waals surface area contributed by atoms with Crippen LogP contribution in [0.2, 0.25) is 0 Å². The van der Waals surface area contributed by atoms with Gasteiger partial charge in [0.05, 0.1) is 13.2 Å². The summed E-state index contributed by atoms with van der Waals surface area (Å²) in [6.45, 7) is 3.64. The topological polar surface area (TPSA) is 66.8 Å². The molecule has 8 heteroatoms. The molecule has 0 aliphatic carbocycles. The molecule has 1 fully saturated rings. The Balaban J connectivity index is 0. The molecule has 1 atom stereocenters. The maximum absolute atomic E-state index is 10.7. The number of morpholine rings is 1. The Morgan fingerprint density at radius 1 is 1.29 bits per heavy atom. The van der Waals surface area contributed by atoms with Crippen LogP contribution in [0.1, 0.15) is 6.92 Å². The monoisotopic (exact) mass is 243 g/mol. The summed E-state index contributed by atoms with van der Waals surface area (Å²) in [4.78, 5) is 1.68. The molecular weight excluding hydrogens is 228 g/mol. The summed E-state index contributed by atoms with van der Waals surface area (Å²) >= 11 is 0. The van der Waals surface area contributed by atoms with Crippen molar-refractivity contribution >= 4 is 69.2 Å². The molecule has 1 N–H and O–H groups in total. The van der Waals surface area contributed by atoms with Crippen LogP contribution in [0.25, 0.3) is 0 Å². The Labute approximate surface area is 129 Å². The number of ether oxygens (including phenoxy) is 1. The van der Waals surface area contributed by atoms with E-state index in [0.29, 0.717) is 26.3 Å². The van der Waals surface area contributed by atoms with Gasteiger partial charge in [0, 0.05) is 13.1 Å². The number of rotatable bonds is 2. The summed E-state index contributed by atoms with van der Waals surface area (Å²) in [5.74, 6) is 0. The average molecular weight is 243 g/mol. The third-order valence-corrected chi connectivity index (χ3v) is 3.15. The third-order valence-electron chi connectivity index (χ3n) is 1.99. The first kappa shape index (κ1) is 18.2. The molecule has 0 saturated carbocycles. The van der Waals surface area contributed by atoms with E-state index in [2.05, 4.69) is 0 Å². The van der Waals surface area contributed by atoms with Crippen LogP contribution in [0.4, 0.5) is 0 Å². The second kappa shape index (κ2) is 8.00. The number of hydrogen-bond donors (Lipinski definition) is 1. The van der Waals surface area contributed by atoms with Crippen molar-refractivity contribution in [3.05, 3.63) is 0 Å². The van der Waals surface area contributed by atoms with Crippen LogP contribution in [-0.4, -0.2) is 109 Å². The van der Waals surface area contributed by atoms with E-state index in [-0.39, 0.29) is 59.1 Å². The quantitative estimate of drug-likeness (QED) is 0.460. The van der Waals surface area contributed by atoms with Gasteiger partial charge in [0.25, 0.3) is 10.1 Å². The van der Waals surface area contributed by atoms with Crippen molar-refractivity contribution in [2.45, 2.75) is 12.3 Å². The fraction of sp³-hybridized carbons (Fsp3) is 1.00. The van der Waals surface area contributed by atoms with Crippen molar-refractivity contribution < 1.29 is 17.7 Å². The van der Waals surface area contributed by atoms with Gasteiger partial charge in [-0.1, -0.05) is 0 Å². The van der Waals surface area contributed by atoms with Gasteiger partial charge in [-0.25, -0.2) is 0 Å². The van der Waals surface area contributed by atoms with Gasteiger partial charge in [-0.05, 0) is 6.92 Å². The van der Waals surface area contributed by atoms with Crippen LogP contribution in [0, 0.1) is 0 Å². The van der Waals surface area contributed by atoms with E-state index < -0.39 is 15.5 Å². The van der Waals surface area contributed by atoms with Crippen molar-refractivity contribution in [1.29, 1.82) is 0 Å². The molecule has 0 spiro atoms. The van der Waals surface area contributed by atoms with E-state index in [1.54, 1.807) is 4.90 Å². The standard InChI is InChI=1S/C6H13NO4S.2Na.2H/c1-6(12(8,9)10)7-2-4-11-5-3-7;;;;/h6H,2-5H2,1H3,(H,8,9,10);;;;. The number of hydrogen-bond acceptors (Lipinski definition) is 4. The zero-order chi connectivity index (χ0) is 9.19. The first-order valence-corrected chi connectivity index (χ1v) is 5.30. The third kappa shape index (κ3) is 5.79. The van der Waals surface area contributed by atoms with Gasteiger partial charge in [-0.3, -0.25) is 9.45 Å². The van der Waals surface area contributed by atoms with E-state index in [1.807, 2.05) is 0 Å². The number of nitrogens with zero attached hydrogens (tertiary/aromatic N) is 1. The zero-order valence-corrected chi connectivity index (χ0v) is 7.75. The predicted octanol–water partition coefficient (Wildman–Crippen LogP) is -1.74. The predicted molar refractivity (Wildman–Crippen MR) is 57.7 cm³/mol. The van der Waals surface area contributed by atoms with Crippen molar-refractivity contribution in [3.63, 3.8) is 0 Å². The molecule has 1 saturated heterocycles. The normalized spacial score (nSPS) is 20.4. The molecule has 1 rings (SSSR count). The van der Waals surface area contributed by atoms with E-state index in [1.165, 1.54) is 6.92 Å². The van der Waals surface area contributed by atoms with Gasteiger partial charge in [-0.15, -0.1) is 0 Å². The molecular formula is C6H15NNa2O4S. The molecule has 0 aromatic heterocycles. The summed E-state index contributed by atoms with van der Waals surface area (Å²) in [6.07, 6.45) is 0. The summed E-state index contributed by atoms with van der Waals surface area (Å²) < 4.78 is 35.2. The van der Waals surface area contributed by atoms with Gasteiger partial charge in [0.1, 0.15) is 5.37 Å². The minimum atomic E-state index is -3.93. The molecule has 76 valence electrons. The maximum atomic E-state index is 10.7. The van der Waals surface area contributed by atoms with E-state index >= 15 is 0 Å². The Morgan fingerprint density at radius 3 is 2.07 bits per heavy atom. The average Bonchev–Trinajstić information content (AvgIpc) is 2.03. The molecule has 1 aliphatic rings. The van der Waals surface area contributed by atoms with Crippen molar-refractivity contribution in [2.24, 2.45) is 0 Å². The van der Waals surface area contributed by atoms with Crippen LogP contribution in [0.15, 0.2) is 0 Å². The summed E-state index contributed by atoms with van der Waals surface area (Å²) in [5.41, 5.74) is 0. The first-order chi connectivity index (χ1) is 5.52. The van der Waals surface area contributed by atoms with E-state index in [9.17, 15) is 8.42 Å². The molecule has 0 aromatic rings. The van der Waals surface area contributed by atoms with Gasteiger partial charge in [-0.2, -0.15) is 8.42 Å². The molecule has 0 amide bonds. The second-order valence-corrected chi connectivity index (χ2v) is 4.47. The molecule has 0 aromatic carbocycles. The summed E-state index contributed by atoms with van der Waals surface area (Å²) in [7, 11) is -3.93. The Kier molecular flexibility index (Phi) is 10.4. The molecule has 5 nitrogen and oxygen atoms in total. The molecule has 1 aliphatic heterocycles. The summed E-state index contributed by atoms with van der Waals surface area (Å²) in [6, 6.07) is 0. The van der Waals surface area contributed by atoms with Gasteiger partial charge in [0.15, 0.2) is 0 Å². The first-order valence-electron chi connectivity index (χ1n) is 3.80. The van der Waals surface area contributed by atoms with Gasteiger partial charge < -0.3 is 4.74 Å². The molecule has 14 heavy (non-hydrogen) atoms. The Bertz CT molecular complexity index is 240. The van der Waals surface area contributed by atoms with Crippen LogP contribution in [-0.2, 0) is 14.9 Å². The van der Waals surface area contributed by atoms with E-state index in [0.717, 1.165) is 0 Å². The van der Waals surface area contributed by atoms with Crippen LogP contribution >= 0.6 is 0 Å². The van der Waals surface area contributed by atoms with Crippen molar-refractivity contribution in [2.75, 3.05) is 26.3 Å². The van der Waals surface area contributed by atoms with Crippen molar-refractivity contribution in [1.82, 2.24) is 4.90 Å². The molecule has 0 bridgehead atoms. The minimum absolute atomic E-state index is 0. The fourth-order valence-electron chi connectivity index (χ4n) is 1.13. The van der Waals surface area contributed by atoms with E-state index in [4.69, 9.17) is 9.29 Å². The fourth-order valence-corrected chi connectivity index (χ4v) is 1.72. The molecule has 0 radical (unpaired) electrons. The molecule has 1 heterocycles.